The molecular formula is C24H43NO. The molecular weight excluding hydrogens is 318 g/mol. The number of hydrogen-bond donors (Lipinski definition) is 1. The second-order valence-electron chi connectivity index (χ2n) is 7.97. The Morgan fingerprint density at radius 3 is 1.73 bits per heavy atom. The smallest absolute Gasteiger partial charge is 0.0942 e. The van der Waals surface area contributed by atoms with Crippen LogP contribution in [0.1, 0.15) is 103 Å². The van der Waals surface area contributed by atoms with Crippen LogP contribution in [0.2, 0.25) is 0 Å². The first-order valence-corrected chi connectivity index (χ1v) is 11.1. The second kappa shape index (κ2) is 15.2. The minimum absolute atomic E-state index is 0.158. The molecule has 0 saturated heterocycles. The maximum absolute atomic E-state index is 10.5. The Balaban J connectivity index is 1.98. The first-order valence-electron chi connectivity index (χ1n) is 11.1. The van der Waals surface area contributed by atoms with Gasteiger partial charge in [-0.25, -0.2) is 0 Å². The summed E-state index contributed by atoms with van der Waals surface area (Å²) >= 11 is 0. The predicted octanol–water partition coefficient (Wildman–Crippen LogP) is 6.74. The number of benzene rings is 1. The van der Waals surface area contributed by atoms with Crippen molar-refractivity contribution in [2.24, 2.45) is 0 Å². The van der Waals surface area contributed by atoms with Crippen molar-refractivity contribution in [2.45, 2.75) is 103 Å². The summed E-state index contributed by atoms with van der Waals surface area (Å²) in [5.41, 5.74) is 1.02. The lowest BCUT2D eigenvalue weighted by atomic mass is 10.0. The van der Waals surface area contributed by atoms with Gasteiger partial charge in [0.15, 0.2) is 0 Å². The Hall–Kier alpha value is -0.860. The zero-order chi connectivity index (χ0) is 19.0. The fourth-order valence-corrected chi connectivity index (χ4v) is 3.58. The summed E-state index contributed by atoms with van der Waals surface area (Å²) in [7, 11) is 2.13. The van der Waals surface area contributed by atoms with Gasteiger partial charge in [0.05, 0.1) is 6.10 Å². The molecule has 26 heavy (non-hydrogen) atoms. The molecule has 0 aliphatic carbocycles. The van der Waals surface area contributed by atoms with Gasteiger partial charge in [0, 0.05) is 6.04 Å². The van der Waals surface area contributed by atoms with Crippen LogP contribution in [0.4, 0.5) is 0 Å². The van der Waals surface area contributed by atoms with Gasteiger partial charge in [0.25, 0.3) is 0 Å². The van der Waals surface area contributed by atoms with E-state index in [1.165, 1.54) is 77.0 Å². The molecule has 0 aliphatic heterocycles. The second-order valence-corrected chi connectivity index (χ2v) is 7.97. The molecule has 0 heterocycles. The van der Waals surface area contributed by atoms with Crippen LogP contribution in [0.5, 0.6) is 0 Å². The number of aliphatic hydroxyl groups excluding tert-OH is 1. The number of aliphatic hydroxyl groups is 1. The van der Waals surface area contributed by atoms with E-state index in [0.717, 1.165) is 12.1 Å². The maximum Gasteiger partial charge on any atom is 0.0942 e. The third-order valence-electron chi connectivity index (χ3n) is 5.66. The highest BCUT2D eigenvalue weighted by Crippen LogP contribution is 2.20. The lowest BCUT2D eigenvalue weighted by Crippen LogP contribution is -2.35. The zero-order valence-corrected chi connectivity index (χ0v) is 17.6. The van der Waals surface area contributed by atoms with Crippen molar-refractivity contribution in [2.75, 3.05) is 13.6 Å². The van der Waals surface area contributed by atoms with E-state index in [4.69, 9.17) is 0 Å². The Kier molecular flexibility index (Phi) is 13.6. The summed E-state index contributed by atoms with van der Waals surface area (Å²) in [6.07, 6.45) is 16.2. The standard InChI is InChI=1S/C24H43NO/c1-4-5-6-7-8-9-10-11-12-13-14-18-21-25(3)22(2)24(26)23-19-16-15-17-20-23/h15-17,19-20,22,24,26H,4-14,18,21H2,1-3H3. The molecule has 1 rings (SSSR count). The summed E-state index contributed by atoms with van der Waals surface area (Å²) in [6.45, 7) is 5.48. The van der Waals surface area contributed by atoms with Gasteiger partial charge >= 0.3 is 0 Å². The summed E-state index contributed by atoms with van der Waals surface area (Å²) in [5, 5.41) is 10.5. The van der Waals surface area contributed by atoms with E-state index < -0.39 is 6.10 Å². The summed E-state index contributed by atoms with van der Waals surface area (Å²) in [6, 6.07) is 10.2. The van der Waals surface area contributed by atoms with Crippen molar-refractivity contribution in [1.82, 2.24) is 4.90 Å². The van der Waals surface area contributed by atoms with E-state index in [-0.39, 0.29) is 6.04 Å². The van der Waals surface area contributed by atoms with Crippen molar-refractivity contribution >= 4 is 0 Å². The molecule has 2 heteroatoms. The van der Waals surface area contributed by atoms with Crippen molar-refractivity contribution in [3.63, 3.8) is 0 Å². The average Bonchev–Trinajstić information content (AvgIpc) is 2.68. The molecule has 1 aromatic rings. The lowest BCUT2D eigenvalue weighted by Gasteiger charge is -2.29. The molecule has 2 nitrogen and oxygen atoms in total. The molecule has 0 fully saturated rings. The van der Waals surface area contributed by atoms with Crippen LogP contribution in [0.3, 0.4) is 0 Å². The quantitative estimate of drug-likeness (QED) is 0.329. The van der Waals surface area contributed by atoms with Gasteiger partial charge in [0.1, 0.15) is 0 Å². The van der Waals surface area contributed by atoms with Crippen LogP contribution in [0.25, 0.3) is 0 Å². The van der Waals surface area contributed by atoms with Gasteiger partial charge in [-0.1, -0.05) is 108 Å². The van der Waals surface area contributed by atoms with Crippen LogP contribution in [0.15, 0.2) is 30.3 Å². The topological polar surface area (TPSA) is 23.5 Å². The van der Waals surface area contributed by atoms with E-state index >= 15 is 0 Å². The molecule has 0 saturated carbocycles. The molecule has 1 N–H and O–H groups in total. The number of nitrogens with zero attached hydrogens (tertiary/aromatic N) is 1. The SMILES string of the molecule is CCCCCCCCCCCCCCN(C)C(C)C(O)c1ccccc1. The third kappa shape index (κ3) is 10.3. The van der Waals surface area contributed by atoms with Crippen LogP contribution in [-0.2, 0) is 0 Å². The maximum atomic E-state index is 10.5. The summed E-state index contributed by atoms with van der Waals surface area (Å²) < 4.78 is 0. The molecule has 0 spiro atoms. The highest BCUT2D eigenvalue weighted by Gasteiger charge is 2.19. The molecule has 0 aromatic heterocycles. The van der Waals surface area contributed by atoms with E-state index in [2.05, 4.69) is 25.8 Å². The molecule has 2 atom stereocenters. The lowest BCUT2D eigenvalue weighted by molar-refractivity contribution is 0.0716. The predicted molar refractivity (Wildman–Crippen MR) is 115 cm³/mol. The van der Waals surface area contributed by atoms with Gasteiger partial charge in [0.2, 0.25) is 0 Å². The summed E-state index contributed by atoms with van der Waals surface area (Å²) in [4.78, 5) is 2.30. The molecule has 0 bridgehead atoms. The largest absolute Gasteiger partial charge is 0.387 e. The summed E-state index contributed by atoms with van der Waals surface area (Å²) in [5.74, 6) is 0. The number of hydrogen-bond acceptors (Lipinski definition) is 2. The highest BCUT2D eigenvalue weighted by atomic mass is 16.3. The first kappa shape index (κ1) is 23.2. The first-order chi connectivity index (χ1) is 12.7. The molecule has 0 aliphatic rings. The van der Waals surface area contributed by atoms with Gasteiger partial charge < -0.3 is 10.0 Å². The van der Waals surface area contributed by atoms with E-state index in [1.54, 1.807) is 0 Å². The van der Waals surface area contributed by atoms with Crippen LogP contribution < -0.4 is 0 Å². The van der Waals surface area contributed by atoms with Crippen LogP contribution in [-0.4, -0.2) is 29.6 Å². The average molecular weight is 362 g/mol. The molecule has 2 unspecified atom stereocenters. The normalized spacial score (nSPS) is 13.9. The van der Waals surface area contributed by atoms with Gasteiger partial charge in [-0.05, 0) is 32.5 Å². The Morgan fingerprint density at radius 1 is 0.769 bits per heavy atom. The zero-order valence-electron chi connectivity index (χ0n) is 17.6. The number of unbranched alkanes of at least 4 members (excludes halogenated alkanes) is 11. The molecule has 1 aromatic carbocycles. The Morgan fingerprint density at radius 2 is 1.23 bits per heavy atom. The highest BCUT2D eigenvalue weighted by molar-refractivity contribution is 5.18. The van der Waals surface area contributed by atoms with E-state index in [1.807, 2.05) is 30.3 Å². The molecule has 0 amide bonds. The third-order valence-corrected chi connectivity index (χ3v) is 5.66. The van der Waals surface area contributed by atoms with Crippen molar-refractivity contribution in [3.8, 4) is 0 Å². The fourth-order valence-electron chi connectivity index (χ4n) is 3.58. The van der Waals surface area contributed by atoms with Crippen molar-refractivity contribution in [3.05, 3.63) is 35.9 Å². The van der Waals surface area contributed by atoms with Crippen LogP contribution in [0, 0.1) is 0 Å². The van der Waals surface area contributed by atoms with E-state index in [0.29, 0.717) is 0 Å². The van der Waals surface area contributed by atoms with Gasteiger partial charge in [-0.2, -0.15) is 0 Å². The Bertz CT molecular complexity index is 419. The minimum Gasteiger partial charge on any atom is -0.387 e. The molecule has 150 valence electrons. The van der Waals surface area contributed by atoms with Crippen molar-refractivity contribution in [1.29, 1.82) is 0 Å². The van der Waals surface area contributed by atoms with Gasteiger partial charge in [-0.15, -0.1) is 0 Å². The van der Waals surface area contributed by atoms with Crippen LogP contribution >= 0.6 is 0 Å². The molecule has 0 radical (unpaired) electrons. The van der Waals surface area contributed by atoms with E-state index in [9.17, 15) is 5.11 Å². The number of likely N-dealkylation sites (N-methyl/N-ethyl adjacent to an activating group) is 1. The Labute approximate surface area is 163 Å². The monoisotopic (exact) mass is 361 g/mol. The van der Waals surface area contributed by atoms with Crippen molar-refractivity contribution < 1.29 is 5.11 Å². The van der Waals surface area contributed by atoms with Gasteiger partial charge in [-0.3, -0.25) is 0 Å². The fraction of sp³-hybridized carbons (Fsp3) is 0.750. The minimum atomic E-state index is -0.404. The number of rotatable bonds is 16.